The first-order chi connectivity index (χ1) is 8.54. The van der Waals surface area contributed by atoms with E-state index in [1.54, 1.807) is 0 Å². The fraction of sp³-hybridized carbons (Fsp3) is 0.429. The molecule has 0 radical (unpaired) electrons. The third-order valence-corrected chi connectivity index (χ3v) is 3.75. The zero-order valence-corrected chi connectivity index (χ0v) is 12.3. The lowest BCUT2D eigenvalue weighted by Gasteiger charge is -2.06. The minimum Gasteiger partial charge on any atom is -0.458 e. The molecule has 2 rings (SSSR count). The van der Waals surface area contributed by atoms with Crippen LogP contribution in [0.15, 0.2) is 16.5 Å². The summed E-state index contributed by atoms with van der Waals surface area (Å²) in [5.74, 6) is 0.949. The monoisotopic (exact) mass is 285 g/mol. The molecular weight excluding hydrogens is 269 g/mol. The zero-order chi connectivity index (χ0) is 13.3. The summed E-state index contributed by atoms with van der Waals surface area (Å²) >= 11 is 12.2. The molecule has 0 unspecified atom stereocenters. The maximum atomic E-state index is 6.18. The predicted octanol–water partition coefficient (Wildman–Crippen LogP) is 4.80. The molecule has 1 heterocycles. The van der Waals surface area contributed by atoms with Crippen LogP contribution in [0.2, 0.25) is 10.0 Å². The number of hydrogen-bond donors (Lipinski definition) is 1. The molecular formula is C14H17Cl2NO. The van der Waals surface area contributed by atoms with E-state index in [9.17, 15) is 0 Å². The lowest BCUT2D eigenvalue weighted by Crippen LogP contribution is -2.22. The van der Waals surface area contributed by atoms with E-state index in [2.05, 4.69) is 26.1 Å². The first-order valence-corrected chi connectivity index (χ1v) is 6.91. The van der Waals surface area contributed by atoms with Gasteiger partial charge in [0.25, 0.3) is 0 Å². The summed E-state index contributed by atoms with van der Waals surface area (Å²) in [5, 5.41) is 5.46. The van der Waals surface area contributed by atoms with Gasteiger partial charge in [-0.3, -0.25) is 0 Å². The quantitative estimate of drug-likeness (QED) is 0.873. The van der Waals surface area contributed by atoms with Crippen LogP contribution in [0, 0.1) is 0 Å². The molecule has 2 nitrogen and oxygen atoms in total. The van der Waals surface area contributed by atoms with Crippen LogP contribution < -0.4 is 5.32 Å². The van der Waals surface area contributed by atoms with Crippen LogP contribution >= 0.6 is 23.2 Å². The van der Waals surface area contributed by atoms with E-state index in [-0.39, 0.29) is 0 Å². The fourth-order valence-corrected chi connectivity index (χ4v) is 2.38. The van der Waals surface area contributed by atoms with Gasteiger partial charge < -0.3 is 9.73 Å². The van der Waals surface area contributed by atoms with Crippen LogP contribution in [0.25, 0.3) is 11.0 Å². The normalized spacial score (nSPS) is 11.7. The topological polar surface area (TPSA) is 25.2 Å². The smallest absolute Gasteiger partial charge is 0.154 e. The molecule has 0 saturated heterocycles. The van der Waals surface area contributed by atoms with E-state index in [1.165, 1.54) is 5.56 Å². The van der Waals surface area contributed by atoms with Crippen molar-refractivity contribution in [3.63, 3.8) is 0 Å². The average Bonchev–Trinajstić information content (AvgIpc) is 2.69. The van der Waals surface area contributed by atoms with Crippen molar-refractivity contribution in [1.82, 2.24) is 5.32 Å². The fourth-order valence-electron chi connectivity index (χ4n) is 2.03. The molecule has 1 aromatic carbocycles. The van der Waals surface area contributed by atoms with E-state index in [0.717, 1.165) is 17.6 Å². The average molecular weight is 286 g/mol. The number of fused-ring (bicyclic) bond motifs is 1. The Morgan fingerprint density at radius 3 is 2.61 bits per heavy atom. The van der Waals surface area contributed by atoms with E-state index in [4.69, 9.17) is 27.6 Å². The number of aryl methyl sites for hydroxylation is 1. The number of rotatable bonds is 4. The largest absolute Gasteiger partial charge is 0.458 e. The van der Waals surface area contributed by atoms with Gasteiger partial charge in [0, 0.05) is 17.0 Å². The minimum atomic E-state index is 0.418. The number of nitrogens with one attached hydrogen (secondary N) is 1. The standard InChI is InChI=1S/C14H17Cl2NO/c1-4-9-10-5-6-11(15)13(16)14(10)18-12(9)7-17-8(2)3/h5-6,8,17H,4,7H2,1-3H3. The van der Waals surface area contributed by atoms with E-state index in [0.29, 0.717) is 28.2 Å². The molecule has 98 valence electrons. The molecule has 18 heavy (non-hydrogen) atoms. The van der Waals surface area contributed by atoms with Gasteiger partial charge in [0.05, 0.1) is 11.6 Å². The first kappa shape index (κ1) is 13.7. The number of furan rings is 1. The van der Waals surface area contributed by atoms with Crippen molar-refractivity contribution in [3.8, 4) is 0 Å². The molecule has 0 bridgehead atoms. The summed E-state index contributed by atoms with van der Waals surface area (Å²) < 4.78 is 5.87. The maximum Gasteiger partial charge on any atom is 0.154 e. The molecule has 0 aliphatic carbocycles. The molecule has 0 spiro atoms. The number of benzene rings is 1. The maximum absolute atomic E-state index is 6.18. The first-order valence-electron chi connectivity index (χ1n) is 6.16. The van der Waals surface area contributed by atoms with Gasteiger partial charge in [-0.15, -0.1) is 0 Å². The van der Waals surface area contributed by atoms with Crippen molar-refractivity contribution >= 4 is 34.2 Å². The van der Waals surface area contributed by atoms with Crippen LogP contribution in [0.4, 0.5) is 0 Å². The van der Waals surface area contributed by atoms with Crippen LogP contribution in [-0.4, -0.2) is 6.04 Å². The van der Waals surface area contributed by atoms with E-state index in [1.807, 2.05) is 12.1 Å². The second-order valence-corrected chi connectivity index (χ2v) is 5.42. The Labute approximate surface area is 117 Å². The summed E-state index contributed by atoms with van der Waals surface area (Å²) in [7, 11) is 0. The molecule has 2 aromatic rings. The SMILES string of the molecule is CCc1c(CNC(C)C)oc2c(Cl)c(Cl)ccc12. The highest BCUT2D eigenvalue weighted by Gasteiger charge is 2.16. The van der Waals surface area contributed by atoms with Crippen LogP contribution in [-0.2, 0) is 13.0 Å². The van der Waals surface area contributed by atoms with Gasteiger partial charge in [-0.25, -0.2) is 0 Å². The summed E-state index contributed by atoms with van der Waals surface area (Å²) in [5.41, 5.74) is 1.90. The van der Waals surface area contributed by atoms with Crippen molar-refractivity contribution in [3.05, 3.63) is 33.5 Å². The molecule has 1 aromatic heterocycles. The summed E-state index contributed by atoms with van der Waals surface area (Å²) in [6.07, 6.45) is 0.917. The third-order valence-electron chi connectivity index (χ3n) is 2.96. The Bertz CT molecular complexity index is 560. The second-order valence-electron chi connectivity index (χ2n) is 4.63. The highest BCUT2D eigenvalue weighted by molar-refractivity contribution is 6.44. The zero-order valence-electron chi connectivity index (χ0n) is 10.8. The lowest BCUT2D eigenvalue weighted by atomic mass is 10.1. The van der Waals surface area contributed by atoms with Gasteiger partial charge in [-0.1, -0.05) is 44.0 Å². The Balaban J connectivity index is 2.50. The number of halogens is 2. The van der Waals surface area contributed by atoms with Crippen LogP contribution in [0.1, 0.15) is 32.1 Å². The summed E-state index contributed by atoms with van der Waals surface area (Å²) in [4.78, 5) is 0. The van der Waals surface area contributed by atoms with Crippen LogP contribution in [0.3, 0.4) is 0 Å². The van der Waals surface area contributed by atoms with Crippen molar-refractivity contribution in [2.24, 2.45) is 0 Å². The highest BCUT2D eigenvalue weighted by atomic mass is 35.5. The van der Waals surface area contributed by atoms with Crippen molar-refractivity contribution in [1.29, 1.82) is 0 Å². The Morgan fingerprint density at radius 1 is 1.28 bits per heavy atom. The Kier molecular flexibility index (Phi) is 4.21. The molecule has 4 heteroatoms. The van der Waals surface area contributed by atoms with Crippen molar-refractivity contribution in [2.75, 3.05) is 0 Å². The highest BCUT2D eigenvalue weighted by Crippen LogP contribution is 2.36. The van der Waals surface area contributed by atoms with Gasteiger partial charge >= 0.3 is 0 Å². The summed E-state index contributed by atoms with van der Waals surface area (Å²) in [6, 6.07) is 4.22. The molecule has 0 amide bonds. The predicted molar refractivity (Wildman–Crippen MR) is 77.6 cm³/mol. The third kappa shape index (κ3) is 2.51. The van der Waals surface area contributed by atoms with Crippen LogP contribution in [0.5, 0.6) is 0 Å². The summed E-state index contributed by atoms with van der Waals surface area (Å²) in [6.45, 7) is 7.05. The van der Waals surface area contributed by atoms with Gasteiger partial charge in [0.1, 0.15) is 10.8 Å². The van der Waals surface area contributed by atoms with E-state index < -0.39 is 0 Å². The van der Waals surface area contributed by atoms with Gasteiger partial charge in [0.15, 0.2) is 5.58 Å². The van der Waals surface area contributed by atoms with Crippen molar-refractivity contribution in [2.45, 2.75) is 39.8 Å². The number of hydrogen-bond acceptors (Lipinski definition) is 2. The second kappa shape index (κ2) is 5.52. The Morgan fingerprint density at radius 2 is 2.00 bits per heavy atom. The minimum absolute atomic E-state index is 0.418. The van der Waals surface area contributed by atoms with Crippen molar-refractivity contribution < 1.29 is 4.42 Å². The van der Waals surface area contributed by atoms with Gasteiger partial charge in [-0.05, 0) is 18.6 Å². The molecule has 0 saturated carbocycles. The molecule has 0 aliphatic heterocycles. The van der Waals surface area contributed by atoms with Gasteiger partial charge in [-0.2, -0.15) is 0 Å². The molecule has 0 atom stereocenters. The Hall–Kier alpha value is -0.700. The molecule has 0 fully saturated rings. The lowest BCUT2D eigenvalue weighted by molar-refractivity contribution is 0.484. The molecule has 0 aliphatic rings. The van der Waals surface area contributed by atoms with E-state index >= 15 is 0 Å². The van der Waals surface area contributed by atoms with Gasteiger partial charge in [0.2, 0.25) is 0 Å². The molecule has 1 N–H and O–H groups in total.